The van der Waals surface area contributed by atoms with Gasteiger partial charge < -0.3 is 0 Å². The molecule has 1 unspecified atom stereocenters. The molecule has 0 bridgehead atoms. The molecule has 0 spiro atoms. The van der Waals surface area contributed by atoms with Crippen LogP contribution in [-0.2, 0) is 0 Å². The van der Waals surface area contributed by atoms with E-state index in [1.807, 2.05) is 11.8 Å². The first kappa shape index (κ1) is 11.7. The molecule has 0 fully saturated rings. The summed E-state index contributed by atoms with van der Waals surface area (Å²) in [4.78, 5) is 0. The first-order valence-electron chi connectivity index (χ1n) is 4.18. The van der Waals surface area contributed by atoms with Gasteiger partial charge in [-0.15, -0.1) is 0 Å². The molecule has 0 radical (unpaired) electrons. The van der Waals surface area contributed by atoms with E-state index in [9.17, 15) is 0 Å². The summed E-state index contributed by atoms with van der Waals surface area (Å²) in [5.74, 6) is 1.24. The van der Waals surface area contributed by atoms with Gasteiger partial charge in [-0.25, -0.2) is 0 Å². The highest BCUT2D eigenvalue weighted by Crippen LogP contribution is 2.30. The van der Waals surface area contributed by atoms with E-state index in [0.717, 1.165) is 5.25 Å². The largest absolute Gasteiger partial charge is 0.159 e. The number of hydrogen-bond donors (Lipinski definition) is 0. The van der Waals surface area contributed by atoms with Crippen LogP contribution in [0.25, 0.3) is 0 Å². The summed E-state index contributed by atoms with van der Waals surface area (Å²) in [7, 11) is 0. The van der Waals surface area contributed by atoms with E-state index in [1.165, 1.54) is 12.2 Å². The molecular formula is C9H20S2. The normalized spacial score (nSPS) is 15.0. The van der Waals surface area contributed by atoms with Gasteiger partial charge in [0.05, 0.1) is 0 Å². The van der Waals surface area contributed by atoms with E-state index in [-0.39, 0.29) is 0 Å². The molecule has 0 saturated heterocycles. The lowest BCUT2D eigenvalue weighted by atomic mass is 10.1. The Kier molecular flexibility index (Phi) is 5.71. The van der Waals surface area contributed by atoms with E-state index in [1.54, 1.807) is 0 Å². The standard InChI is InChI=1S/C9H20S2/c1-6-11-8(2)7-9(3,4)10-5/h8H,6-7H2,1-5H3. The van der Waals surface area contributed by atoms with E-state index in [0.29, 0.717) is 4.75 Å². The van der Waals surface area contributed by atoms with Crippen LogP contribution in [0.1, 0.15) is 34.1 Å². The molecule has 0 aliphatic carbocycles. The average Bonchev–Trinajstić information content (AvgIpc) is 1.87. The van der Waals surface area contributed by atoms with Crippen molar-refractivity contribution in [3.05, 3.63) is 0 Å². The fourth-order valence-electron chi connectivity index (χ4n) is 1.12. The Morgan fingerprint density at radius 3 is 2.27 bits per heavy atom. The number of thioether (sulfide) groups is 2. The zero-order valence-electron chi connectivity index (χ0n) is 8.31. The van der Waals surface area contributed by atoms with Crippen molar-refractivity contribution in [1.29, 1.82) is 0 Å². The Balaban J connectivity index is 3.64. The Morgan fingerprint density at radius 2 is 1.91 bits per heavy atom. The van der Waals surface area contributed by atoms with Crippen molar-refractivity contribution in [2.45, 2.75) is 44.1 Å². The van der Waals surface area contributed by atoms with Crippen molar-refractivity contribution in [3.63, 3.8) is 0 Å². The predicted octanol–water partition coefficient (Wildman–Crippen LogP) is 3.66. The molecule has 0 heterocycles. The minimum atomic E-state index is 0.460. The smallest absolute Gasteiger partial charge is 0.0111 e. The van der Waals surface area contributed by atoms with Gasteiger partial charge >= 0.3 is 0 Å². The summed E-state index contributed by atoms with van der Waals surface area (Å²) < 4.78 is 0.460. The van der Waals surface area contributed by atoms with Gasteiger partial charge in [-0.2, -0.15) is 23.5 Å². The predicted molar refractivity (Wildman–Crippen MR) is 59.8 cm³/mol. The van der Waals surface area contributed by atoms with Crippen LogP contribution in [0.5, 0.6) is 0 Å². The molecule has 0 aliphatic rings. The lowest BCUT2D eigenvalue weighted by Gasteiger charge is -2.25. The molecule has 0 nitrogen and oxygen atoms in total. The first-order chi connectivity index (χ1) is 5.02. The molecule has 0 amide bonds. The minimum Gasteiger partial charge on any atom is -0.159 e. The summed E-state index contributed by atoms with van der Waals surface area (Å²) in [6, 6.07) is 0. The Hall–Kier alpha value is 0.700. The fraction of sp³-hybridized carbons (Fsp3) is 1.00. The van der Waals surface area contributed by atoms with Crippen LogP contribution >= 0.6 is 23.5 Å². The highest BCUT2D eigenvalue weighted by molar-refractivity contribution is 8.00. The average molecular weight is 192 g/mol. The number of rotatable bonds is 5. The molecule has 0 saturated carbocycles. The molecule has 11 heavy (non-hydrogen) atoms. The van der Waals surface area contributed by atoms with Crippen LogP contribution in [0.3, 0.4) is 0 Å². The van der Waals surface area contributed by atoms with Gasteiger partial charge in [0.15, 0.2) is 0 Å². The topological polar surface area (TPSA) is 0 Å². The van der Waals surface area contributed by atoms with Crippen molar-refractivity contribution in [3.8, 4) is 0 Å². The molecule has 0 aromatic carbocycles. The molecule has 0 N–H and O–H groups in total. The molecule has 0 aromatic heterocycles. The third kappa shape index (κ3) is 5.92. The van der Waals surface area contributed by atoms with Gasteiger partial charge in [0.25, 0.3) is 0 Å². The van der Waals surface area contributed by atoms with Gasteiger partial charge in [0.1, 0.15) is 0 Å². The molecule has 68 valence electrons. The fourth-order valence-corrected chi connectivity index (χ4v) is 2.74. The number of hydrogen-bond acceptors (Lipinski definition) is 2. The van der Waals surface area contributed by atoms with E-state index < -0.39 is 0 Å². The molecular weight excluding hydrogens is 172 g/mol. The second-order valence-electron chi connectivity index (χ2n) is 3.43. The van der Waals surface area contributed by atoms with Crippen molar-refractivity contribution < 1.29 is 0 Å². The molecule has 1 atom stereocenters. The second-order valence-corrected chi connectivity index (χ2v) is 6.66. The third-order valence-electron chi connectivity index (χ3n) is 1.78. The monoisotopic (exact) mass is 192 g/mol. The van der Waals surface area contributed by atoms with Crippen LogP contribution in [-0.4, -0.2) is 22.0 Å². The van der Waals surface area contributed by atoms with Gasteiger partial charge in [-0.3, -0.25) is 0 Å². The lowest BCUT2D eigenvalue weighted by molar-refractivity contribution is 0.638. The van der Waals surface area contributed by atoms with Crippen LogP contribution in [0.2, 0.25) is 0 Å². The first-order valence-corrected chi connectivity index (χ1v) is 6.46. The highest BCUT2D eigenvalue weighted by atomic mass is 32.2. The molecule has 0 aliphatic heterocycles. The summed E-state index contributed by atoms with van der Waals surface area (Å²) in [5, 5.41) is 0.808. The van der Waals surface area contributed by atoms with Crippen LogP contribution in [0.4, 0.5) is 0 Å². The Bertz CT molecular complexity index is 99.7. The van der Waals surface area contributed by atoms with Crippen molar-refractivity contribution in [1.82, 2.24) is 0 Å². The van der Waals surface area contributed by atoms with Gasteiger partial charge in [0, 0.05) is 10.00 Å². The molecule has 2 heteroatoms. The highest BCUT2D eigenvalue weighted by Gasteiger charge is 2.19. The second kappa shape index (κ2) is 5.36. The SMILES string of the molecule is CCSC(C)CC(C)(C)SC. The van der Waals surface area contributed by atoms with Crippen LogP contribution in [0.15, 0.2) is 0 Å². The maximum Gasteiger partial charge on any atom is 0.0111 e. The summed E-state index contributed by atoms with van der Waals surface area (Å²) in [6.45, 7) is 9.20. The Morgan fingerprint density at radius 1 is 1.36 bits per heavy atom. The summed E-state index contributed by atoms with van der Waals surface area (Å²) in [6.07, 6.45) is 3.51. The van der Waals surface area contributed by atoms with Crippen LogP contribution in [0, 0.1) is 0 Å². The summed E-state index contributed by atoms with van der Waals surface area (Å²) >= 11 is 4.03. The maximum absolute atomic E-state index is 2.33. The molecule has 0 rings (SSSR count). The maximum atomic E-state index is 2.33. The minimum absolute atomic E-state index is 0.460. The Labute approximate surface area is 79.9 Å². The van der Waals surface area contributed by atoms with Crippen LogP contribution < -0.4 is 0 Å². The van der Waals surface area contributed by atoms with Gasteiger partial charge in [-0.1, -0.05) is 27.7 Å². The zero-order chi connectivity index (χ0) is 8.91. The third-order valence-corrected chi connectivity index (χ3v) is 4.12. The van der Waals surface area contributed by atoms with E-state index >= 15 is 0 Å². The van der Waals surface area contributed by atoms with Gasteiger partial charge in [-0.05, 0) is 18.4 Å². The quantitative estimate of drug-likeness (QED) is 0.652. The van der Waals surface area contributed by atoms with Gasteiger partial charge in [0.2, 0.25) is 0 Å². The zero-order valence-corrected chi connectivity index (χ0v) is 9.94. The van der Waals surface area contributed by atoms with E-state index in [4.69, 9.17) is 0 Å². The molecule has 0 aromatic rings. The van der Waals surface area contributed by atoms with Crippen molar-refractivity contribution in [2.24, 2.45) is 0 Å². The van der Waals surface area contributed by atoms with Crippen molar-refractivity contribution >= 4 is 23.5 Å². The van der Waals surface area contributed by atoms with Crippen molar-refractivity contribution in [2.75, 3.05) is 12.0 Å². The summed E-state index contributed by atoms with van der Waals surface area (Å²) in [5.41, 5.74) is 0. The van der Waals surface area contributed by atoms with E-state index in [2.05, 4.69) is 45.7 Å². The lowest BCUT2D eigenvalue weighted by Crippen LogP contribution is -2.19.